The number of furan rings is 2. The number of aromatic carboxylic acids is 1. The van der Waals surface area contributed by atoms with Crippen molar-refractivity contribution in [3.8, 4) is 11.3 Å². The van der Waals surface area contributed by atoms with Gasteiger partial charge in [0.2, 0.25) is 0 Å². The number of thioether (sulfide) groups is 1. The van der Waals surface area contributed by atoms with Gasteiger partial charge in [-0.05, 0) is 72.8 Å². The zero-order chi connectivity index (χ0) is 24.4. The summed E-state index contributed by atoms with van der Waals surface area (Å²) in [5.41, 5.74) is 2.53. The predicted molar refractivity (Wildman–Crippen MR) is 134 cm³/mol. The van der Waals surface area contributed by atoms with Crippen LogP contribution in [0.4, 0.5) is 5.69 Å². The van der Waals surface area contributed by atoms with Gasteiger partial charge in [-0.2, -0.15) is 0 Å². The molecule has 0 unspecified atom stereocenters. The summed E-state index contributed by atoms with van der Waals surface area (Å²) in [5.74, 6) is 0.583. The van der Waals surface area contributed by atoms with E-state index in [9.17, 15) is 14.7 Å². The fourth-order valence-electron chi connectivity index (χ4n) is 3.68. The number of aliphatic imine (C=N–C) groups is 1. The molecule has 35 heavy (non-hydrogen) atoms. The van der Waals surface area contributed by atoms with Gasteiger partial charge in [-0.25, -0.2) is 9.79 Å². The van der Waals surface area contributed by atoms with Crippen molar-refractivity contribution in [2.75, 3.05) is 0 Å². The molecule has 0 saturated carbocycles. The SMILES string of the molecule is Cc1cc(C(=O)O)ccc1-c1ccc(/C=C2\SC(=Nc3ccccc3)N(Cc3ccco3)C2=O)o1. The topological polar surface area (TPSA) is 96.2 Å². The number of carboxylic acid groups (broad SMARTS) is 1. The number of carbonyl (C=O) groups excluding carboxylic acids is 1. The lowest BCUT2D eigenvalue weighted by Gasteiger charge is -2.13. The standard InChI is InChI=1S/C27H20N2O5S/c1-17-14-18(26(31)32)9-11-22(17)23-12-10-20(34-23)15-24-25(30)29(16-21-8-5-13-33-21)27(35-24)28-19-6-3-2-4-7-19/h2-15H,16H2,1H3,(H,31,32)/b24-15-,28-27?. The van der Waals surface area contributed by atoms with Gasteiger partial charge in [-0.1, -0.05) is 24.3 Å². The van der Waals surface area contributed by atoms with Gasteiger partial charge in [0, 0.05) is 11.6 Å². The lowest BCUT2D eigenvalue weighted by molar-refractivity contribution is -0.122. The summed E-state index contributed by atoms with van der Waals surface area (Å²) >= 11 is 1.27. The Bertz CT molecular complexity index is 1450. The highest BCUT2D eigenvalue weighted by Crippen LogP contribution is 2.36. The highest BCUT2D eigenvalue weighted by molar-refractivity contribution is 8.18. The first-order chi connectivity index (χ1) is 17.0. The Labute approximate surface area is 205 Å². The first kappa shape index (κ1) is 22.5. The summed E-state index contributed by atoms with van der Waals surface area (Å²) in [6.45, 7) is 2.10. The average molecular weight is 485 g/mol. The van der Waals surface area contributed by atoms with Crippen LogP contribution in [0.25, 0.3) is 17.4 Å². The maximum absolute atomic E-state index is 13.3. The van der Waals surface area contributed by atoms with Gasteiger partial charge in [0.15, 0.2) is 5.17 Å². The number of hydrogen-bond acceptors (Lipinski definition) is 6. The monoisotopic (exact) mass is 484 g/mol. The molecule has 1 aliphatic heterocycles. The van der Waals surface area contributed by atoms with Crippen molar-refractivity contribution >= 4 is 40.6 Å². The van der Waals surface area contributed by atoms with Gasteiger partial charge in [-0.15, -0.1) is 0 Å². The van der Waals surface area contributed by atoms with Crippen LogP contribution in [0.3, 0.4) is 0 Å². The predicted octanol–water partition coefficient (Wildman–Crippen LogP) is 6.35. The molecule has 174 valence electrons. The normalized spacial score (nSPS) is 15.9. The average Bonchev–Trinajstić information content (AvgIpc) is 3.59. The fourth-order valence-corrected chi connectivity index (χ4v) is 4.66. The molecule has 1 saturated heterocycles. The van der Waals surface area contributed by atoms with E-state index in [2.05, 4.69) is 4.99 Å². The molecular formula is C27H20N2O5S. The number of amides is 1. The van der Waals surface area contributed by atoms with E-state index in [1.54, 1.807) is 53.6 Å². The highest BCUT2D eigenvalue weighted by atomic mass is 32.2. The van der Waals surface area contributed by atoms with Crippen LogP contribution < -0.4 is 0 Å². The summed E-state index contributed by atoms with van der Waals surface area (Å²) in [4.78, 5) is 31.2. The van der Waals surface area contributed by atoms with Crippen LogP contribution in [0.15, 0.2) is 97.8 Å². The molecule has 7 nitrogen and oxygen atoms in total. The number of carboxylic acids is 1. The van der Waals surface area contributed by atoms with Crippen LogP contribution in [-0.2, 0) is 11.3 Å². The van der Waals surface area contributed by atoms with Crippen molar-refractivity contribution in [3.63, 3.8) is 0 Å². The van der Waals surface area contributed by atoms with Crippen molar-refractivity contribution in [3.05, 3.63) is 107 Å². The molecule has 0 bridgehead atoms. The number of rotatable bonds is 6. The van der Waals surface area contributed by atoms with Crippen molar-refractivity contribution in [2.45, 2.75) is 13.5 Å². The molecule has 0 atom stereocenters. The Kier molecular flexibility index (Phi) is 6.12. The second kappa shape index (κ2) is 9.52. The minimum atomic E-state index is -0.978. The molecule has 1 fully saturated rings. The Morgan fingerprint density at radius 1 is 1.09 bits per heavy atom. The third-order valence-electron chi connectivity index (χ3n) is 5.40. The molecule has 4 aromatic rings. The maximum atomic E-state index is 13.3. The van der Waals surface area contributed by atoms with Gasteiger partial charge < -0.3 is 13.9 Å². The van der Waals surface area contributed by atoms with Crippen molar-refractivity contribution in [2.24, 2.45) is 4.99 Å². The molecule has 8 heteroatoms. The highest BCUT2D eigenvalue weighted by Gasteiger charge is 2.34. The molecule has 1 aliphatic rings. The first-order valence-electron chi connectivity index (χ1n) is 10.8. The van der Waals surface area contributed by atoms with E-state index >= 15 is 0 Å². The molecule has 0 aliphatic carbocycles. The van der Waals surface area contributed by atoms with E-state index in [1.807, 2.05) is 43.3 Å². The van der Waals surface area contributed by atoms with E-state index in [4.69, 9.17) is 8.83 Å². The third kappa shape index (κ3) is 4.83. The van der Waals surface area contributed by atoms with Gasteiger partial charge in [0.25, 0.3) is 5.91 Å². The van der Waals surface area contributed by atoms with Gasteiger partial charge in [-0.3, -0.25) is 9.69 Å². The van der Waals surface area contributed by atoms with Crippen LogP contribution in [0, 0.1) is 6.92 Å². The second-order valence-electron chi connectivity index (χ2n) is 7.85. The van der Waals surface area contributed by atoms with Crippen LogP contribution in [0.1, 0.15) is 27.4 Å². The van der Waals surface area contributed by atoms with Gasteiger partial charge in [0.1, 0.15) is 17.3 Å². The first-order valence-corrected chi connectivity index (χ1v) is 11.6. The van der Waals surface area contributed by atoms with E-state index in [-0.39, 0.29) is 18.0 Å². The minimum absolute atomic E-state index is 0.193. The van der Waals surface area contributed by atoms with Crippen LogP contribution >= 0.6 is 11.8 Å². The lowest BCUT2D eigenvalue weighted by atomic mass is 10.0. The number of aryl methyl sites for hydroxylation is 1. The quantitative estimate of drug-likeness (QED) is 0.320. The molecular weight excluding hydrogens is 464 g/mol. The van der Waals surface area contributed by atoms with Crippen molar-refractivity contribution in [1.82, 2.24) is 4.90 Å². The number of benzene rings is 2. The molecule has 5 rings (SSSR count). The molecule has 2 aromatic heterocycles. The van der Waals surface area contributed by atoms with Gasteiger partial charge >= 0.3 is 5.97 Å². The number of carbonyl (C=O) groups is 2. The Morgan fingerprint density at radius 2 is 1.91 bits per heavy atom. The third-order valence-corrected chi connectivity index (χ3v) is 6.41. The summed E-state index contributed by atoms with van der Waals surface area (Å²) in [6.07, 6.45) is 3.27. The van der Waals surface area contributed by atoms with Crippen LogP contribution in [0.5, 0.6) is 0 Å². The second-order valence-corrected chi connectivity index (χ2v) is 8.86. The van der Waals surface area contributed by atoms with Crippen molar-refractivity contribution in [1.29, 1.82) is 0 Å². The van der Waals surface area contributed by atoms with Crippen molar-refractivity contribution < 1.29 is 23.5 Å². The fraction of sp³-hybridized carbons (Fsp3) is 0.0741. The summed E-state index contributed by atoms with van der Waals surface area (Å²) in [7, 11) is 0. The Hall–Kier alpha value is -4.30. The molecule has 3 heterocycles. The summed E-state index contributed by atoms with van der Waals surface area (Å²) in [5, 5.41) is 9.74. The smallest absolute Gasteiger partial charge is 0.335 e. The van der Waals surface area contributed by atoms with E-state index < -0.39 is 5.97 Å². The van der Waals surface area contributed by atoms with E-state index in [0.717, 1.165) is 16.8 Å². The van der Waals surface area contributed by atoms with Gasteiger partial charge in [0.05, 0.1) is 29.0 Å². The van der Waals surface area contributed by atoms with E-state index in [0.29, 0.717) is 27.4 Å². The van der Waals surface area contributed by atoms with Crippen LogP contribution in [0.2, 0.25) is 0 Å². The number of nitrogens with zero attached hydrogens (tertiary/aromatic N) is 2. The number of para-hydroxylation sites is 1. The molecule has 1 N–H and O–H groups in total. The zero-order valence-corrected chi connectivity index (χ0v) is 19.5. The maximum Gasteiger partial charge on any atom is 0.335 e. The number of hydrogen-bond donors (Lipinski definition) is 1. The Balaban J connectivity index is 1.45. The van der Waals surface area contributed by atoms with Crippen LogP contribution in [-0.4, -0.2) is 27.1 Å². The zero-order valence-electron chi connectivity index (χ0n) is 18.7. The molecule has 0 spiro atoms. The molecule has 2 aromatic carbocycles. The molecule has 0 radical (unpaired) electrons. The minimum Gasteiger partial charge on any atom is -0.478 e. The summed E-state index contributed by atoms with van der Waals surface area (Å²) in [6, 6.07) is 21.5. The Morgan fingerprint density at radius 3 is 2.63 bits per heavy atom. The van der Waals surface area contributed by atoms with E-state index in [1.165, 1.54) is 11.8 Å². The molecule has 1 amide bonds. The lowest BCUT2D eigenvalue weighted by Crippen LogP contribution is -2.28. The largest absolute Gasteiger partial charge is 0.478 e. The number of amidine groups is 1. The summed E-state index contributed by atoms with van der Waals surface area (Å²) < 4.78 is 11.4.